The zero-order valence-corrected chi connectivity index (χ0v) is 17.0. The van der Waals surface area contributed by atoms with Crippen LogP contribution in [0.2, 0.25) is 5.02 Å². The van der Waals surface area contributed by atoms with Crippen molar-refractivity contribution in [2.45, 2.75) is 76.1 Å². The number of nitrogens with two attached hydrogens (primary N) is 2. The summed E-state index contributed by atoms with van der Waals surface area (Å²) in [7, 11) is 0. The number of halogens is 1. The van der Waals surface area contributed by atoms with Gasteiger partial charge in [-0.15, -0.1) is 0 Å². The molecule has 28 heavy (non-hydrogen) atoms. The maximum Gasteiger partial charge on any atom is 0.312 e. The Bertz CT molecular complexity index is 724. The van der Waals surface area contributed by atoms with Crippen molar-refractivity contribution in [3.05, 3.63) is 28.8 Å². The van der Waals surface area contributed by atoms with E-state index in [1.54, 1.807) is 0 Å². The Kier molecular flexibility index (Phi) is 5.88. The average Bonchev–Trinajstić information content (AvgIpc) is 2.74. The molecule has 2 aliphatic carbocycles. The summed E-state index contributed by atoms with van der Waals surface area (Å²) in [6.45, 7) is 0. The summed E-state index contributed by atoms with van der Waals surface area (Å²) in [4.78, 5) is 0. The SMILES string of the molecule is NC(=NN=[NH2+])C1Oc2ccc(Cl)cc2C(C2CCCCC2)(C2CCCCC2)O1. The number of fused-ring (bicyclic) bond motifs is 1. The number of hydrogen-bond acceptors (Lipinski definition) is 3. The topological polar surface area (TPSA) is 94.8 Å². The smallest absolute Gasteiger partial charge is 0.312 e. The van der Waals surface area contributed by atoms with Gasteiger partial charge in [0.1, 0.15) is 16.6 Å². The first-order valence-electron chi connectivity index (χ1n) is 10.5. The van der Waals surface area contributed by atoms with E-state index in [1.807, 2.05) is 18.2 Å². The summed E-state index contributed by atoms with van der Waals surface area (Å²) in [6, 6.07) is 5.83. The minimum absolute atomic E-state index is 0.152. The zero-order chi connectivity index (χ0) is 19.6. The van der Waals surface area contributed by atoms with Crippen molar-refractivity contribution in [3.8, 4) is 5.75 Å². The fourth-order valence-electron chi connectivity index (χ4n) is 5.55. The number of ether oxygens (including phenoxy) is 2. The number of benzene rings is 1. The zero-order valence-electron chi connectivity index (χ0n) is 16.3. The standard InChI is InChI=1S/C21H29ClN4O2/c22-16-11-12-18-17(13-16)21(14-7-3-1-4-8-14,15-9-5-2-6-10-15)28-20(27-18)19(23)25-26-24/h11-15,20H,1-10H2,(H3,23,24,25)/p+1. The van der Waals surface area contributed by atoms with E-state index in [0.717, 1.165) is 37.0 Å². The predicted molar refractivity (Wildman–Crippen MR) is 108 cm³/mol. The predicted octanol–water partition coefficient (Wildman–Crippen LogP) is 3.91. The van der Waals surface area contributed by atoms with Gasteiger partial charge in [-0.3, -0.25) is 0 Å². The Hall–Kier alpha value is -1.66. The quantitative estimate of drug-likeness (QED) is 0.344. The number of rotatable bonds is 4. The molecule has 4 rings (SSSR count). The van der Waals surface area contributed by atoms with Crippen LogP contribution in [0.3, 0.4) is 0 Å². The summed E-state index contributed by atoms with van der Waals surface area (Å²) < 4.78 is 12.9. The third-order valence-electron chi connectivity index (χ3n) is 6.74. The van der Waals surface area contributed by atoms with Crippen LogP contribution in [0, 0.1) is 11.8 Å². The minimum Gasteiger partial charge on any atom is -0.454 e. The van der Waals surface area contributed by atoms with Crippen molar-refractivity contribution in [3.63, 3.8) is 0 Å². The maximum atomic E-state index is 6.80. The van der Waals surface area contributed by atoms with E-state index in [2.05, 4.69) is 10.3 Å². The molecule has 0 amide bonds. The molecule has 6 nitrogen and oxygen atoms in total. The van der Waals surface area contributed by atoms with Crippen LogP contribution in [0.25, 0.3) is 0 Å². The molecule has 1 unspecified atom stereocenters. The van der Waals surface area contributed by atoms with Gasteiger partial charge in [0.2, 0.25) is 0 Å². The van der Waals surface area contributed by atoms with E-state index in [4.69, 9.17) is 32.3 Å². The van der Waals surface area contributed by atoms with Crippen LogP contribution in [0.15, 0.2) is 28.5 Å². The van der Waals surface area contributed by atoms with Crippen molar-refractivity contribution in [2.75, 3.05) is 0 Å². The van der Waals surface area contributed by atoms with Crippen molar-refractivity contribution >= 4 is 17.4 Å². The molecule has 2 fully saturated rings. The molecule has 2 saturated carbocycles. The fraction of sp³-hybridized carbons (Fsp3) is 0.667. The second kappa shape index (κ2) is 8.37. The molecule has 7 heteroatoms. The largest absolute Gasteiger partial charge is 0.454 e. The Morgan fingerprint density at radius 1 is 1.04 bits per heavy atom. The Labute approximate surface area is 171 Å². The van der Waals surface area contributed by atoms with Crippen LogP contribution >= 0.6 is 11.6 Å². The van der Waals surface area contributed by atoms with Gasteiger partial charge in [-0.1, -0.05) is 50.1 Å². The number of amidine groups is 1. The lowest BCUT2D eigenvalue weighted by Crippen LogP contribution is -2.55. The summed E-state index contributed by atoms with van der Waals surface area (Å²) in [5.41, 5.74) is 12.0. The lowest BCUT2D eigenvalue weighted by Gasteiger charge is -2.52. The van der Waals surface area contributed by atoms with Crippen LogP contribution in [0.4, 0.5) is 0 Å². The van der Waals surface area contributed by atoms with Crippen molar-refractivity contribution in [2.24, 2.45) is 27.9 Å². The number of hydrogen-bond donors (Lipinski definition) is 2. The molecule has 3 aliphatic rings. The van der Waals surface area contributed by atoms with Gasteiger partial charge < -0.3 is 15.2 Å². The van der Waals surface area contributed by atoms with Gasteiger partial charge in [0.25, 0.3) is 6.29 Å². The Balaban J connectivity index is 1.86. The van der Waals surface area contributed by atoms with Crippen molar-refractivity contribution in [1.29, 1.82) is 0 Å². The molecule has 1 aromatic rings. The molecule has 0 aromatic heterocycles. The molecule has 0 spiro atoms. The normalized spacial score (nSPS) is 26.3. The third kappa shape index (κ3) is 3.52. The first-order chi connectivity index (χ1) is 13.6. The van der Waals surface area contributed by atoms with Gasteiger partial charge in [-0.05, 0) is 55.7 Å². The second-order valence-corrected chi connectivity index (χ2v) is 8.75. The first-order valence-corrected chi connectivity index (χ1v) is 10.9. The summed E-state index contributed by atoms with van der Waals surface area (Å²) in [5, 5.41) is 7.86. The lowest BCUT2D eigenvalue weighted by atomic mass is 9.63. The Morgan fingerprint density at radius 3 is 2.21 bits per heavy atom. The van der Waals surface area contributed by atoms with Gasteiger partial charge in [0.15, 0.2) is 0 Å². The van der Waals surface area contributed by atoms with Crippen LogP contribution in [-0.2, 0) is 10.3 Å². The van der Waals surface area contributed by atoms with E-state index in [1.165, 1.54) is 38.5 Å². The highest BCUT2D eigenvalue weighted by Crippen LogP contribution is 2.56. The molecule has 1 aromatic carbocycles. The highest BCUT2D eigenvalue weighted by molar-refractivity contribution is 6.30. The van der Waals surface area contributed by atoms with Crippen LogP contribution in [-0.4, -0.2) is 12.1 Å². The third-order valence-corrected chi connectivity index (χ3v) is 6.97. The minimum atomic E-state index is -0.787. The van der Waals surface area contributed by atoms with Crippen LogP contribution < -0.4 is 16.0 Å². The van der Waals surface area contributed by atoms with Crippen molar-refractivity contribution < 1.29 is 15.0 Å². The second-order valence-electron chi connectivity index (χ2n) is 8.31. The molecule has 0 bridgehead atoms. The van der Waals surface area contributed by atoms with Crippen LogP contribution in [0.5, 0.6) is 5.75 Å². The van der Waals surface area contributed by atoms with E-state index in [0.29, 0.717) is 16.9 Å². The van der Waals surface area contributed by atoms with Crippen LogP contribution in [0.1, 0.15) is 69.8 Å². The van der Waals surface area contributed by atoms with E-state index in [9.17, 15) is 0 Å². The van der Waals surface area contributed by atoms with Gasteiger partial charge >= 0.3 is 5.84 Å². The maximum absolute atomic E-state index is 6.80. The highest BCUT2D eigenvalue weighted by Gasteiger charge is 2.54. The summed E-state index contributed by atoms with van der Waals surface area (Å²) in [6.07, 6.45) is 11.3. The highest BCUT2D eigenvalue weighted by atomic mass is 35.5. The summed E-state index contributed by atoms with van der Waals surface area (Å²) >= 11 is 6.44. The number of nitrogens with zero attached hydrogens (tertiary/aromatic N) is 2. The lowest BCUT2D eigenvalue weighted by molar-refractivity contribution is -0.230. The Morgan fingerprint density at radius 2 is 1.64 bits per heavy atom. The van der Waals surface area contributed by atoms with E-state index < -0.39 is 11.9 Å². The van der Waals surface area contributed by atoms with E-state index in [-0.39, 0.29) is 5.84 Å². The molecule has 1 heterocycles. The monoisotopic (exact) mass is 405 g/mol. The molecular weight excluding hydrogens is 376 g/mol. The molecular formula is C21H30ClN4O2+. The van der Waals surface area contributed by atoms with Gasteiger partial charge in [0, 0.05) is 10.6 Å². The molecule has 0 radical (unpaired) electrons. The fourth-order valence-corrected chi connectivity index (χ4v) is 5.73. The molecule has 0 saturated heterocycles. The van der Waals surface area contributed by atoms with E-state index >= 15 is 0 Å². The van der Waals surface area contributed by atoms with Gasteiger partial charge in [-0.25, -0.2) is 0 Å². The molecule has 152 valence electrons. The van der Waals surface area contributed by atoms with Gasteiger partial charge in [-0.2, -0.15) is 5.53 Å². The average molecular weight is 406 g/mol. The molecule has 1 aliphatic heterocycles. The first kappa shape index (κ1) is 19.6. The summed E-state index contributed by atoms with van der Waals surface area (Å²) in [5.74, 6) is 1.76. The van der Waals surface area contributed by atoms with Crippen molar-refractivity contribution in [1.82, 2.24) is 0 Å². The molecule has 4 N–H and O–H groups in total. The molecule has 1 atom stereocenters. The van der Waals surface area contributed by atoms with Gasteiger partial charge in [0.05, 0.1) is 5.10 Å².